The maximum Gasteiger partial charge on any atom is 0.283 e. The number of hydrogen-bond acceptors (Lipinski definition) is 16. The standard InChI is InChI=1S/C62H66FN11O8S2/c1-38-9-19-46(20-10-38)84(80,81)74-49-29-41(15-17-43(49)34-67-74)54-55(83-37-66-54)42-16-18-44(33-65-58(77)51-31-45(75)36-73(51)59(78)56(61(2,3)4)68-60(79)62(63)22-23-62)53(30-42)82-28-21-39-11-13-40(14-12-39)35-71-24-26-72(27-25-71)50-32-48(69-70-57(50)64)47-7-5-6-8-52(47)76/h5-20,29-30,32,34,37,45,51,56,75-76H,21-28,31,33,35-36H2,1-4H3,(H2,64,70)(H,65,77)(H,68,79)/t45-,51+,56-/m1/s1. The van der Waals surface area contributed by atoms with Gasteiger partial charge in [0, 0.05) is 80.7 Å². The molecule has 3 amide bonds. The fourth-order valence-corrected chi connectivity index (χ4v) is 12.8. The number of nitrogens with zero attached hydrogens (tertiary/aromatic N) is 8. The van der Waals surface area contributed by atoms with Gasteiger partial charge < -0.3 is 41.1 Å². The minimum atomic E-state index is -4.03. The third-order valence-corrected chi connectivity index (χ3v) is 18.3. The number of nitrogens with two attached hydrogens (primary N) is 1. The van der Waals surface area contributed by atoms with Gasteiger partial charge >= 0.3 is 0 Å². The number of anilines is 2. The van der Waals surface area contributed by atoms with Crippen LogP contribution in [0.2, 0.25) is 0 Å². The smallest absolute Gasteiger partial charge is 0.283 e. The first-order valence-electron chi connectivity index (χ1n) is 28.0. The van der Waals surface area contributed by atoms with Crippen molar-refractivity contribution in [2.45, 2.75) is 95.2 Å². The van der Waals surface area contributed by atoms with Crippen LogP contribution in [0.1, 0.15) is 62.3 Å². The Balaban J connectivity index is 0.798. The molecular formula is C62H66FN11O8S2. The summed E-state index contributed by atoms with van der Waals surface area (Å²) in [5, 5.41) is 40.2. The van der Waals surface area contributed by atoms with Gasteiger partial charge in [0.05, 0.1) is 56.8 Å². The molecule has 8 aromatic rings. The van der Waals surface area contributed by atoms with Gasteiger partial charge in [0.25, 0.3) is 15.9 Å². The zero-order valence-corrected chi connectivity index (χ0v) is 48.7. The number of aromatic nitrogens is 5. The Hall–Kier alpha value is -8.31. The van der Waals surface area contributed by atoms with E-state index in [1.165, 1.54) is 22.4 Å². The maximum atomic E-state index is 14.9. The molecule has 3 fully saturated rings. The summed E-state index contributed by atoms with van der Waals surface area (Å²) in [6, 6.07) is 32.8. The average Bonchev–Trinajstić information content (AvgIpc) is 2.36. The molecular weight excluding hydrogens is 1110 g/mol. The van der Waals surface area contributed by atoms with E-state index in [2.05, 4.69) is 60.0 Å². The normalized spacial score (nSPS) is 17.5. The number of alkyl halides is 1. The van der Waals surface area contributed by atoms with Gasteiger partial charge in [-0.1, -0.05) is 99.1 Å². The third kappa shape index (κ3) is 12.2. The number of carbonyl (C=O) groups is 3. The highest BCUT2D eigenvalue weighted by molar-refractivity contribution is 7.90. The second-order valence-electron chi connectivity index (χ2n) is 23.0. The number of aromatic hydroxyl groups is 1. The zero-order valence-electron chi connectivity index (χ0n) is 47.0. The molecule has 2 saturated heterocycles. The number of nitrogen functional groups attached to an aromatic ring is 1. The van der Waals surface area contributed by atoms with E-state index in [1.807, 2.05) is 49.4 Å². The van der Waals surface area contributed by atoms with Crippen molar-refractivity contribution in [3.8, 4) is 44.5 Å². The van der Waals surface area contributed by atoms with Crippen LogP contribution in [0.25, 0.3) is 43.9 Å². The number of aliphatic hydroxyl groups excluding tert-OH is 1. The Morgan fingerprint density at radius 1 is 0.905 bits per heavy atom. The van der Waals surface area contributed by atoms with Crippen molar-refractivity contribution in [3.05, 3.63) is 149 Å². The van der Waals surface area contributed by atoms with Crippen LogP contribution in [0.3, 0.4) is 0 Å². The summed E-state index contributed by atoms with van der Waals surface area (Å²) in [6.45, 7) is 11.1. The molecule has 436 valence electrons. The van der Waals surface area contributed by atoms with Gasteiger partial charge in [-0.15, -0.1) is 21.5 Å². The highest BCUT2D eigenvalue weighted by Crippen LogP contribution is 2.42. The number of phenols is 1. The van der Waals surface area contributed by atoms with Crippen molar-refractivity contribution >= 4 is 61.5 Å². The molecule has 3 atom stereocenters. The van der Waals surface area contributed by atoms with E-state index in [0.29, 0.717) is 57.0 Å². The van der Waals surface area contributed by atoms with Crippen molar-refractivity contribution in [2.75, 3.05) is 50.0 Å². The number of likely N-dealkylation sites (tertiary alicyclic amines) is 1. The quantitative estimate of drug-likeness (QED) is 0.0553. The number of carbonyl (C=O) groups excluding carboxylic acids is 3. The van der Waals surface area contributed by atoms with Gasteiger partial charge in [0.2, 0.25) is 11.8 Å². The van der Waals surface area contributed by atoms with Crippen LogP contribution in [0.4, 0.5) is 15.9 Å². The molecule has 11 rings (SSSR count). The van der Waals surface area contributed by atoms with Gasteiger partial charge in [-0.3, -0.25) is 19.3 Å². The summed E-state index contributed by atoms with van der Waals surface area (Å²) >= 11 is 1.40. The van der Waals surface area contributed by atoms with E-state index in [-0.39, 0.29) is 49.6 Å². The minimum absolute atomic E-state index is 0.00634. The molecule has 2 aliphatic heterocycles. The molecule has 1 saturated carbocycles. The maximum absolute atomic E-state index is 14.9. The number of fused-ring (bicyclic) bond motifs is 1. The van der Waals surface area contributed by atoms with Crippen LogP contribution in [-0.2, 0) is 43.9 Å². The van der Waals surface area contributed by atoms with E-state index in [0.717, 1.165) is 69.6 Å². The van der Waals surface area contributed by atoms with Crippen LogP contribution >= 0.6 is 11.3 Å². The molecule has 5 aromatic carbocycles. The van der Waals surface area contributed by atoms with Gasteiger partial charge in [0.15, 0.2) is 11.5 Å². The number of thiazole rings is 1. The number of hydrogen-bond donors (Lipinski definition) is 5. The molecule has 1 aliphatic carbocycles. The highest BCUT2D eigenvalue weighted by Gasteiger charge is 2.53. The topological polar surface area (TPSA) is 251 Å². The van der Waals surface area contributed by atoms with Crippen molar-refractivity contribution < 1.29 is 42.1 Å². The van der Waals surface area contributed by atoms with Gasteiger partial charge in [0.1, 0.15) is 23.6 Å². The molecule has 0 radical (unpaired) electrons. The number of nitrogens with one attached hydrogen (secondary N) is 2. The number of phenolic OH excluding ortho intramolecular Hbond substituents is 1. The molecule has 0 unspecified atom stereocenters. The fraction of sp³-hybridized carbons (Fsp3) is 0.339. The number of halogens is 1. The third-order valence-electron chi connectivity index (χ3n) is 15.8. The second kappa shape index (κ2) is 23.4. The summed E-state index contributed by atoms with van der Waals surface area (Å²) in [5.74, 6) is -1.01. The van der Waals surface area contributed by atoms with Crippen LogP contribution < -0.4 is 26.0 Å². The molecule has 19 nitrogen and oxygen atoms in total. The van der Waals surface area contributed by atoms with Crippen molar-refractivity contribution in [1.82, 2.24) is 44.8 Å². The largest absolute Gasteiger partial charge is 0.507 e. The summed E-state index contributed by atoms with van der Waals surface area (Å²) in [6.07, 6.45) is 1.19. The molecule has 6 N–H and O–H groups in total. The highest BCUT2D eigenvalue weighted by atomic mass is 32.2. The lowest BCUT2D eigenvalue weighted by molar-refractivity contribution is -0.145. The Morgan fingerprint density at radius 3 is 2.36 bits per heavy atom. The van der Waals surface area contributed by atoms with Crippen molar-refractivity contribution in [3.63, 3.8) is 0 Å². The first kappa shape index (κ1) is 57.5. The predicted molar refractivity (Wildman–Crippen MR) is 319 cm³/mol. The number of rotatable bonds is 18. The van der Waals surface area contributed by atoms with Crippen LogP contribution in [-0.4, -0.2) is 134 Å². The molecule has 22 heteroatoms. The fourth-order valence-electron chi connectivity index (χ4n) is 10.8. The summed E-state index contributed by atoms with van der Waals surface area (Å²) in [5.41, 5.74) is 13.3. The Labute approximate surface area is 490 Å². The number of β-amino-alcohol motifs (C(OH)–C–C–N with tert-alkyl or cyclic N) is 1. The Kier molecular flexibility index (Phi) is 16.0. The summed E-state index contributed by atoms with van der Waals surface area (Å²) in [4.78, 5) is 52.8. The van der Waals surface area contributed by atoms with E-state index < -0.39 is 57.0 Å². The van der Waals surface area contributed by atoms with E-state index in [1.54, 1.807) is 74.8 Å². The molecule has 5 heterocycles. The van der Waals surface area contributed by atoms with Crippen LogP contribution in [0.15, 0.2) is 132 Å². The predicted octanol–water partition coefficient (Wildman–Crippen LogP) is 7.67. The van der Waals surface area contributed by atoms with E-state index in [9.17, 15) is 37.4 Å². The second-order valence-corrected chi connectivity index (χ2v) is 25.6. The number of aryl methyl sites for hydroxylation is 1. The summed E-state index contributed by atoms with van der Waals surface area (Å²) < 4.78 is 50.3. The molecule has 3 aromatic heterocycles. The summed E-state index contributed by atoms with van der Waals surface area (Å²) in [7, 11) is -4.03. The SMILES string of the molecule is Cc1ccc(S(=O)(=O)n2ncc3ccc(-c4ncsc4-c4ccc(CNC(=O)[C@@H]5C[C@@H](O)CN5C(=O)[C@@H](NC(=O)C5(F)CC5)C(C)(C)C)c(OCCc5ccc(CN6CCN(c7cc(-c8ccccc8O)nnc7N)CC6)cc5)c4)cc32)cc1. The number of piperazine rings is 1. The first-order valence-corrected chi connectivity index (χ1v) is 30.3. The average molecular weight is 1180 g/mol. The van der Waals surface area contributed by atoms with Gasteiger partial charge in [-0.05, 0) is 84.3 Å². The Bertz CT molecular complexity index is 3880. The van der Waals surface area contributed by atoms with E-state index >= 15 is 0 Å². The molecule has 84 heavy (non-hydrogen) atoms. The molecule has 3 aliphatic rings. The van der Waals surface area contributed by atoms with Gasteiger partial charge in [-0.25, -0.2) is 9.37 Å². The number of aliphatic hydroxyl groups is 1. The lowest BCUT2D eigenvalue weighted by Crippen LogP contribution is -2.59. The lowest BCUT2D eigenvalue weighted by Gasteiger charge is -2.36. The van der Waals surface area contributed by atoms with Crippen LogP contribution in [0, 0.1) is 12.3 Å². The molecule has 0 bridgehead atoms. The van der Waals surface area contributed by atoms with E-state index in [4.69, 9.17) is 15.5 Å². The lowest BCUT2D eigenvalue weighted by atomic mass is 9.85. The zero-order chi connectivity index (χ0) is 59.1. The first-order chi connectivity index (χ1) is 40.2. The number of benzene rings is 5. The van der Waals surface area contributed by atoms with Crippen molar-refractivity contribution in [1.29, 1.82) is 0 Å². The number of ether oxygens (including phenoxy) is 1. The monoisotopic (exact) mass is 1180 g/mol. The minimum Gasteiger partial charge on any atom is -0.507 e. The Morgan fingerprint density at radius 2 is 1.63 bits per heavy atom. The van der Waals surface area contributed by atoms with Crippen molar-refractivity contribution in [2.24, 2.45) is 5.41 Å². The van der Waals surface area contributed by atoms with Crippen LogP contribution in [0.5, 0.6) is 11.5 Å². The number of para-hydroxylation sites is 1. The molecule has 0 spiro atoms. The van der Waals surface area contributed by atoms with Gasteiger partial charge in [-0.2, -0.15) is 17.6 Å². The number of amides is 3.